The van der Waals surface area contributed by atoms with E-state index in [0.29, 0.717) is 5.56 Å². The Hall–Kier alpha value is -2.18. The molecule has 0 fully saturated rings. The molecule has 0 saturated carbocycles. The van der Waals surface area contributed by atoms with Crippen LogP contribution in [0, 0.1) is 6.92 Å². The molecule has 0 bridgehead atoms. The number of nitrogens with one attached hydrogen (secondary N) is 1. The van der Waals surface area contributed by atoms with Gasteiger partial charge in [-0.3, -0.25) is 4.79 Å². The van der Waals surface area contributed by atoms with E-state index in [1.807, 2.05) is 31.2 Å². The molecule has 1 aromatic carbocycles. The number of aliphatic hydroxyl groups is 1. The van der Waals surface area contributed by atoms with E-state index in [1.165, 1.54) is 6.07 Å². The van der Waals surface area contributed by atoms with E-state index in [1.54, 1.807) is 5.38 Å². The zero-order valence-corrected chi connectivity index (χ0v) is 12.9. The number of aromatic carboxylic acids is 1. The van der Waals surface area contributed by atoms with Crippen LogP contribution in [0.3, 0.4) is 0 Å². The molecule has 2 aromatic rings. The zero-order valence-electron chi connectivity index (χ0n) is 12.1. The van der Waals surface area contributed by atoms with Crippen LogP contribution in [-0.2, 0) is 11.2 Å². The van der Waals surface area contributed by atoms with E-state index in [4.69, 9.17) is 5.11 Å². The van der Waals surface area contributed by atoms with Crippen molar-refractivity contribution in [3.05, 3.63) is 57.3 Å². The van der Waals surface area contributed by atoms with Crippen LogP contribution in [0.15, 0.2) is 35.7 Å². The SMILES string of the molecule is Cc1cccc(C(O)CNC(=O)Cc2csc(C(=O)O)c2)c1. The normalized spacial score (nSPS) is 11.9. The molecule has 1 heterocycles. The highest BCUT2D eigenvalue weighted by atomic mass is 32.1. The third-order valence-electron chi connectivity index (χ3n) is 3.15. The van der Waals surface area contributed by atoms with E-state index in [9.17, 15) is 14.7 Å². The van der Waals surface area contributed by atoms with Crippen LogP contribution < -0.4 is 5.32 Å². The molecule has 1 amide bonds. The number of rotatable bonds is 6. The molecule has 1 aromatic heterocycles. The molecular formula is C16H17NO4S. The number of benzene rings is 1. The third kappa shape index (κ3) is 4.41. The van der Waals surface area contributed by atoms with Gasteiger partial charge in [0.05, 0.1) is 12.5 Å². The molecule has 0 aliphatic heterocycles. The average Bonchev–Trinajstić information content (AvgIpc) is 2.93. The Labute approximate surface area is 132 Å². The molecule has 0 aliphatic rings. The summed E-state index contributed by atoms with van der Waals surface area (Å²) >= 11 is 1.09. The number of carbonyl (C=O) groups excluding carboxylic acids is 1. The van der Waals surface area contributed by atoms with Gasteiger partial charge in [0.2, 0.25) is 5.91 Å². The first kappa shape index (κ1) is 16.2. The predicted octanol–water partition coefficient (Wildman–Crippen LogP) is 2.15. The molecule has 22 heavy (non-hydrogen) atoms. The summed E-state index contributed by atoms with van der Waals surface area (Å²) in [4.78, 5) is 22.8. The Kier molecular flexibility index (Phi) is 5.30. The summed E-state index contributed by atoms with van der Waals surface area (Å²) in [6.45, 7) is 2.06. The molecule has 1 unspecified atom stereocenters. The minimum atomic E-state index is -0.994. The first-order valence-corrected chi connectivity index (χ1v) is 7.65. The van der Waals surface area contributed by atoms with Gasteiger partial charge in [0.15, 0.2) is 0 Å². The number of aliphatic hydroxyl groups excluding tert-OH is 1. The van der Waals surface area contributed by atoms with E-state index in [2.05, 4.69) is 5.32 Å². The van der Waals surface area contributed by atoms with E-state index < -0.39 is 12.1 Å². The van der Waals surface area contributed by atoms with Crippen molar-refractivity contribution in [1.29, 1.82) is 0 Å². The van der Waals surface area contributed by atoms with Gasteiger partial charge in [-0.15, -0.1) is 11.3 Å². The maximum atomic E-state index is 11.8. The Bertz CT molecular complexity index is 680. The fraction of sp³-hybridized carbons (Fsp3) is 0.250. The van der Waals surface area contributed by atoms with Gasteiger partial charge in [-0.25, -0.2) is 4.79 Å². The predicted molar refractivity (Wildman–Crippen MR) is 84.1 cm³/mol. The lowest BCUT2D eigenvalue weighted by Crippen LogP contribution is -2.29. The lowest BCUT2D eigenvalue weighted by molar-refractivity contribution is -0.120. The highest BCUT2D eigenvalue weighted by Crippen LogP contribution is 2.16. The lowest BCUT2D eigenvalue weighted by atomic mass is 10.1. The Morgan fingerprint density at radius 2 is 2.09 bits per heavy atom. The fourth-order valence-electron chi connectivity index (χ4n) is 2.03. The van der Waals surface area contributed by atoms with Gasteiger partial charge in [0.1, 0.15) is 4.88 Å². The summed E-state index contributed by atoms with van der Waals surface area (Å²) < 4.78 is 0. The van der Waals surface area contributed by atoms with Crippen molar-refractivity contribution in [1.82, 2.24) is 5.32 Å². The highest BCUT2D eigenvalue weighted by Gasteiger charge is 2.12. The fourth-order valence-corrected chi connectivity index (χ4v) is 2.78. The van der Waals surface area contributed by atoms with Crippen LogP contribution in [0.25, 0.3) is 0 Å². The molecular weight excluding hydrogens is 302 g/mol. The molecule has 6 heteroatoms. The molecule has 0 saturated heterocycles. The molecule has 0 radical (unpaired) electrons. The third-order valence-corrected chi connectivity index (χ3v) is 4.12. The van der Waals surface area contributed by atoms with Crippen molar-refractivity contribution >= 4 is 23.2 Å². The van der Waals surface area contributed by atoms with Gasteiger partial charge in [-0.05, 0) is 29.5 Å². The minimum Gasteiger partial charge on any atom is -0.477 e. The Morgan fingerprint density at radius 1 is 1.32 bits per heavy atom. The lowest BCUT2D eigenvalue weighted by Gasteiger charge is -2.12. The summed E-state index contributed by atoms with van der Waals surface area (Å²) in [6.07, 6.45) is -0.662. The maximum Gasteiger partial charge on any atom is 0.345 e. The Balaban J connectivity index is 1.85. The molecule has 2 rings (SSSR count). The van der Waals surface area contributed by atoms with Crippen molar-refractivity contribution in [2.24, 2.45) is 0 Å². The van der Waals surface area contributed by atoms with Gasteiger partial charge in [-0.2, -0.15) is 0 Å². The molecule has 0 spiro atoms. The number of aryl methyl sites for hydroxylation is 1. The number of thiophene rings is 1. The number of carboxylic acid groups (broad SMARTS) is 1. The summed E-state index contributed by atoms with van der Waals surface area (Å²) in [5.41, 5.74) is 2.45. The second kappa shape index (κ2) is 7.20. The average molecular weight is 319 g/mol. The van der Waals surface area contributed by atoms with Gasteiger partial charge in [-0.1, -0.05) is 29.8 Å². The van der Waals surface area contributed by atoms with Crippen molar-refractivity contribution in [2.45, 2.75) is 19.4 Å². The largest absolute Gasteiger partial charge is 0.477 e. The molecule has 116 valence electrons. The van der Waals surface area contributed by atoms with E-state index in [-0.39, 0.29) is 23.7 Å². The van der Waals surface area contributed by atoms with Crippen LogP contribution in [-0.4, -0.2) is 28.6 Å². The molecule has 5 nitrogen and oxygen atoms in total. The highest BCUT2D eigenvalue weighted by molar-refractivity contribution is 7.12. The number of amides is 1. The standard InChI is InChI=1S/C16H17NO4S/c1-10-3-2-4-12(5-10)13(18)8-17-15(19)7-11-6-14(16(20)21)22-9-11/h2-6,9,13,18H,7-8H2,1H3,(H,17,19)(H,20,21). The smallest absolute Gasteiger partial charge is 0.345 e. The van der Waals surface area contributed by atoms with Crippen LogP contribution in [0.5, 0.6) is 0 Å². The van der Waals surface area contributed by atoms with Crippen molar-refractivity contribution in [3.8, 4) is 0 Å². The monoisotopic (exact) mass is 319 g/mol. The second-order valence-electron chi connectivity index (χ2n) is 5.04. The maximum absolute atomic E-state index is 11.8. The summed E-state index contributed by atoms with van der Waals surface area (Å²) in [5.74, 6) is -1.24. The molecule has 0 aliphatic carbocycles. The summed E-state index contributed by atoms with van der Waals surface area (Å²) in [6, 6.07) is 8.96. The van der Waals surface area contributed by atoms with Crippen molar-refractivity contribution < 1.29 is 19.8 Å². The van der Waals surface area contributed by atoms with Gasteiger partial charge in [0, 0.05) is 6.54 Å². The Morgan fingerprint density at radius 3 is 2.73 bits per heavy atom. The summed E-state index contributed by atoms with van der Waals surface area (Å²) in [7, 11) is 0. The second-order valence-corrected chi connectivity index (χ2v) is 5.95. The number of carbonyl (C=O) groups is 2. The topological polar surface area (TPSA) is 86.6 Å². The van der Waals surface area contributed by atoms with Gasteiger partial charge < -0.3 is 15.5 Å². The number of hydrogen-bond acceptors (Lipinski definition) is 4. The van der Waals surface area contributed by atoms with Crippen LogP contribution in [0.4, 0.5) is 0 Å². The first-order valence-electron chi connectivity index (χ1n) is 6.77. The first-order chi connectivity index (χ1) is 10.5. The molecule has 1 atom stereocenters. The van der Waals surface area contributed by atoms with Gasteiger partial charge in [0.25, 0.3) is 0 Å². The quantitative estimate of drug-likeness (QED) is 0.761. The number of hydrogen-bond donors (Lipinski definition) is 3. The van der Waals surface area contributed by atoms with Crippen molar-refractivity contribution in [2.75, 3.05) is 6.54 Å². The molecule has 3 N–H and O–H groups in total. The van der Waals surface area contributed by atoms with Crippen molar-refractivity contribution in [3.63, 3.8) is 0 Å². The van der Waals surface area contributed by atoms with Gasteiger partial charge >= 0.3 is 5.97 Å². The van der Waals surface area contributed by atoms with Crippen LogP contribution in [0.2, 0.25) is 0 Å². The van der Waals surface area contributed by atoms with Crippen LogP contribution in [0.1, 0.15) is 32.5 Å². The summed E-state index contributed by atoms with van der Waals surface area (Å²) in [5, 5.41) is 23.2. The van der Waals surface area contributed by atoms with E-state index >= 15 is 0 Å². The minimum absolute atomic E-state index is 0.102. The zero-order chi connectivity index (χ0) is 16.1. The number of carboxylic acids is 1. The van der Waals surface area contributed by atoms with Crippen LogP contribution >= 0.6 is 11.3 Å². The van der Waals surface area contributed by atoms with E-state index in [0.717, 1.165) is 22.5 Å².